The van der Waals surface area contributed by atoms with E-state index < -0.39 is 21.8 Å². The molecule has 0 spiro atoms. The van der Waals surface area contributed by atoms with E-state index in [9.17, 15) is 18.0 Å². The summed E-state index contributed by atoms with van der Waals surface area (Å²) in [5.74, 6) is -0.820. The third kappa shape index (κ3) is 6.85. The fourth-order valence-corrected chi connectivity index (χ4v) is 5.00. The van der Waals surface area contributed by atoms with Crippen LogP contribution in [0, 0.1) is 6.92 Å². The van der Waals surface area contributed by atoms with Crippen LogP contribution in [0.25, 0.3) is 5.69 Å². The van der Waals surface area contributed by atoms with E-state index in [2.05, 4.69) is 20.4 Å². The van der Waals surface area contributed by atoms with Gasteiger partial charge in [0.25, 0.3) is 5.91 Å². The number of nitrogens with zero attached hydrogens (tertiary/aromatic N) is 3. The maximum Gasteiger partial charge on any atom is 0.255 e. The van der Waals surface area contributed by atoms with Crippen LogP contribution in [0.15, 0.2) is 66.9 Å². The second kappa shape index (κ2) is 11.8. The number of hydrogen-bond donors (Lipinski definition) is 2. The molecule has 1 heterocycles. The molecular weight excluding hydrogens is 554 g/mol. The van der Waals surface area contributed by atoms with Gasteiger partial charge in [0.1, 0.15) is 5.69 Å². The zero-order valence-corrected chi connectivity index (χ0v) is 25.5. The minimum absolute atomic E-state index is 0.164. The zero-order valence-electron chi connectivity index (χ0n) is 24.7. The van der Waals surface area contributed by atoms with Crippen LogP contribution < -0.4 is 14.8 Å². The van der Waals surface area contributed by atoms with Gasteiger partial charge in [0.2, 0.25) is 10.0 Å². The molecule has 10 nitrogen and oxygen atoms in total. The molecule has 220 valence electrons. The smallest absolute Gasteiger partial charge is 0.255 e. The topological polar surface area (TPSA) is 132 Å². The lowest BCUT2D eigenvalue weighted by atomic mass is 9.86. The number of anilines is 2. The van der Waals surface area contributed by atoms with E-state index in [1.807, 2.05) is 65.0 Å². The molecule has 42 heavy (non-hydrogen) atoms. The number of aromatic nitrogens is 3. The molecule has 1 atom stereocenters. The van der Waals surface area contributed by atoms with Gasteiger partial charge in [-0.05, 0) is 53.3 Å². The van der Waals surface area contributed by atoms with Crippen molar-refractivity contribution in [2.24, 2.45) is 0 Å². The van der Waals surface area contributed by atoms with Gasteiger partial charge < -0.3 is 10.1 Å². The number of ketones is 1. The number of ether oxygens (including phenoxy) is 1. The Labute approximate surface area is 246 Å². The molecule has 2 N–H and O–H groups in total. The van der Waals surface area contributed by atoms with Crippen molar-refractivity contribution < 1.29 is 22.7 Å². The lowest BCUT2D eigenvalue weighted by molar-refractivity contribution is 0.0960. The lowest BCUT2D eigenvalue weighted by Crippen LogP contribution is -2.18. The van der Waals surface area contributed by atoms with Crippen molar-refractivity contribution in [3.63, 3.8) is 0 Å². The van der Waals surface area contributed by atoms with E-state index in [1.165, 1.54) is 11.8 Å². The molecule has 11 heteroatoms. The molecule has 0 radical (unpaired) electrons. The Morgan fingerprint density at radius 3 is 2.29 bits per heavy atom. The van der Waals surface area contributed by atoms with Crippen LogP contribution in [-0.2, 0) is 15.4 Å². The number of nitrogens with one attached hydrogen (secondary N) is 2. The monoisotopic (exact) mass is 589 g/mol. The van der Waals surface area contributed by atoms with Crippen LogP contribution in [0.5, 0.6) is 5.75 Å². The number of carbonyl (C=O) groups is 2. The first kappa shape index (κ1) is 30.4. The number of benzene rings is 3. The summed E-state index contributed by atoms with van der Waals surface area (Å²) in [6.07, 6.45) is 2.61. The van der Waals surface area contributed by atoms with Gasteiger partial charge in [-0.2, -0.15) is 0 Å². The Bertz CT molecular complexity index is 1740. The van der Waals surface area contributed by atoms with Gasteiger partial charge in [0.05, 0.1) is 36.6 Å². The molecule has 0 saturated carbocycles. The van der Waals surface area contributed by atoms with Crippen molar-refractivity contribution >= 4 is 33.1 Å². The molecule has 0 saturated heterocycles. The maximum absolute atomic E-state index is 13.5. The van der Waals surface area contributed by atoms with Crippen LogP contribution in [0.3, 0.4) is 0 Å². The predicted molar refractivity (Wildman–Crippen MR) is 163 cm³/mol. The summed E-state index contributed by atoms with van der Waals surface area (Å²) in [7, 11) is -2.21. The van der Waals surface area contributed by atoms with Gasteiger partial charge in [0, 0.05) is 11.5 Å². The fourth-order valence-electron chi connectivity index (χ4n) is 4.45. The Hall–Kier alpha value is -4.51. The summed E-state index contributed by atoms with van der Waals surface area (Å²) < 4.78 is 33.6. The Kier molecular flexibility index (Phi) is 8.53. The number of aryl methyl sites for hydroxylation is 1. The Balaban J connectivity index is 1.66. The fraction of sp³-hybridized carbons (Fsp3) is 0.290. The average Bonchev–Trinajstić information content (AvgIpc) is 3.41. The number of amides is 1. The standard InChI is InChI=1S/C31H35N5O5S/c1-19-13-14-22(15-27(19)36-18-26(33-35-36)28(37)20(2)21-11-9-8-10-12-21)30(38)32-24-16-23(31(3,4)5)17-25(29(24)41-6)34-42(7,39)40/h8-18,20,34H,1-7H3,(H,32,38). The normalized spacial score (nSPS) is 12.5. The Morgan fingerprint density at radius 2 is 1.67 bits per heavy atom. The highest BCUT2D eigenvalue weighted by Gasteiger charge is 2.24. The third-order valence-electron chi connectivity index (χ3n) is 6.86. The number of methoxy groups -OCH3 is 1. The summed E-state index contributed by atoms with van der Waals surface area (Å²) in [6, 6.07) is 18.0. The predicted octanol–water partition coefficient (Wildman–Crippen LogP) is 5.49. The first-order valence-corrected chi connectivity index (χ1v) is 15.2. The van der Waals surface area contributed by atoms with Crippen molar-refractivity contribution in [1.29, 1.82) is 0 Å². The van der Waals surface area contributed by atoms with Crippen molar-refractivity contribution in [2.75, 3.05) is 23.4 Å². The molecule has 0 aliphatic carbocycles. The zero-order chi connectivity index (χ0) is 30.8. The molecule has 0 aliphatic rings. The molecule has 0 aliphatic heterocycles. The molecule has 0 bridgehead atoms. The van der Waals surface area contributed by atoms with Gasteiger partial charge >= 0.3 is 0 Å². The molecule has 4 aromatic rings. The van der Waals surface area contributed by atoms with E-state index in [0.717, 1.165) is 22.9 Å². The van der Waals surface area contributed by atoms with E-state index in [1.54, 1.807) is 36.5 Å². The first-order valence-electron chi connectivity index (χ1n) is 13.3. The van der Waals surface area contributed by atoms with E-state index in [4.69, 9.17) is 4.74 Å². The molecular formula is C31H35N5O5S. The Morgan fingerprint density at radius 1 is 1.00 bits per heavy atom. The highest BCUT2D eigenvalue weighted by molar-refractivity contribution is 7.92. The molecule has 1 aromatic heterocycles. The average molecular weight is 590 g/mol. The van der Waals surface area contributed by atoms with Gasteiger partial charge in [-0.15, -0.1) is 5.10 Å². The van der Waals surface area contributed by atoms with Crippen molar-refractivity contribution in [3.8, 4) is 11.4 Å². The molecule has 4 rings (SSSR count). The second-order valence-corrected chi connectivity index (χ2v) is 13.0. The van der Waals surface area contributed by atoms with Crippen LogP contribution >= 0.6 is 0 Å². The van der Waals surface area contributed by atoms with Crippen molar-refractivity contribution in [2.45, 2.75) is 46.0 Å². The molecule has 1 unspecified atom stereocenters. The van der Waals surface area contributed by atoms with E-state index in [-0.39, 0.29) is 28.3 Å². The highest BCUT2D eigenvalue weighted by Crippen LogP contribution is 2.39. The second-order valence-electron chi connectivity index (χ2n) is 11.2. The third-order valence-corrected chi connectivity index (χ3v) is 7.45. The van der Waals surface area contributed by atoms with Crippen LogP contribution in [0.2, 0.25) is 0 Å². The van der Waals surface area contributed by atoms with Gasteiger partial charge in [-0.3, -0.25) is 14.3 Å². The first-order chi connectivity index (χ1) is 19.7. The quantitative estimate of drug-likeness (QED) is 0.247. The molecule has 1 amide bonds. The molecule has 0 fully saturated rings. The van der Waals surface area contributed by atoms with Crippen LogP contribution in [-0.4, -0.2) is 48.5 Å². The highest BCUT2D eigenvalue weighted by atomic mass is 32.2. The largest absolute Gasteiger partial charge is 0.492 e. The van der Waals surface area contributed by atoms with Gasteiger partial charge in [0.15, 0.2) is 11.5 Å². The van der Waals surface area contributed by atoms with E-state index in [0.29, 0.717) is 16.9 Å². The number of sulfonamides is 1. The summed E-state index contributed by atoms with van der Waals surface area (Å²) in [5.41, 5.74) is 3.79. The van der Waals surface area contributed by atoms with E-state index >= 15 is 0 Å². The summed E-state index contributed by atoms with van der Waals surface area (Å²) in [5, 5.41) is 11.1. The van der Waals surface area contributed by atoms with Gasteiger partial charge in [-0.1, -0.05) is 69.3 Å². The van der Waals surface area contributed by atoms with Gasteiger partial charge in [-0.25, -0.2) is 13.1 Å². The SMILES string of the molecule is COc1c(NC(=O)c2ccc(C)c(-n3cc(C(=O)C(C)c4ccccc4)nn3)c2)cc(C(C)(C)C)cc1NS(C)(=O)=O. The minimum Gasteiger partial charge on any atom is -0.492 e. The number of hydrogen-bond acceptors (Lipinski definition) is 7. The number of carbonyl (C=O) groups excluding carboxylic acids is 2. The van der Waals surface area contributed by atoms with Crippen molar-refractivity contribution in [1.82, 2.24) is 15.0 Å². The van der Waals surface area contributed by atoms with Crippen LogP contribution in [0.4, 0.5) is 11.4 Å². The molecule has 3 aromatic carbocycles. The van der Waals surface area contributed by atoms with Crippen LogP contribution in [0.1, 0.15) is 71.1 Å². The van der Waals surface area contributed by atoms with Crippen molar-refractivity contribution in [3.05, 3.63) is 94.8 Å². The lowest BCUT2D eigenvalue weighted by Gasteiger charge is -2.24. The summed E-state index contributed by atoms with van der Waals surface area (Å²) in [4.78, 5) is 26.6. The number of rotatable bonds is 9. The maximum atomic E-state index is 13.5. The summed E-state index contributed by atoms with van der Waals surface area (Å²) >= 11 is 0. The summed E-state index contributed by atoms with van der Waals surface area (Å²) in [6.45, 7) is 9.64. The minimum atomic E-state index is -3.62. The number of Topliss-reactive ketones (excluding diaryl/α,β-unsaturated/α-hetero) is 1.